The first kappa shape index (κ1) is 17.0. The van der Waals surface area contributed by atoms with Crippen molar-refractivity contribution in [3.63, 3.8) is 0 Å². The maximum Gasteiger partial charge on any atom is 0.313 e. The number of nitrogens with one attached hydrogen (secondary N) is 1. The van der Waals surface area contributed by atoms with Crippen LogP contribution in [0.2, 0.25) is 0 Å². The molecule has 24 heavy (non-hydrogen) atoms. The van der Waals surface area contributed by atoms with Gasteiger partial charge in [-0.1, -0.05) is 32.9 Å². The van der Waals surface area contributed by atoms with E-state index in [4.69, 9.17) is 9.26 Å². The van der Waals surface area contributed by atoms with Crippen LogP contribution in [0.25, 0.3) is 0 Å². The molecule has 1 aliphatic carbocycles. The average Bonchev–Trinajstić information content (AvgIpc) is 3.05. The van der Waals surface area contributed by atoms with Crippen molar-refractivity contribution >= 4 is 11.9 Å². The van der Waals surface area contributed by atoms with Crippen molar-refractivity contribution in [3.8, 4) is 0 Å². The molecule has 2 aliphatic rings. The smallest absolute Gasteiger partial charge is 0.313 e. The lowest BCUT2D eigenvalue weighted by Crippen LogP contribution is -2.53. The van der Waals surface area contributed by atoms with E-state index in [-0.39, 0.29) is 18.4 Å². The number of carbonyl (C=O) groups is 2. The zero-order valence-electron chi connectivity index (χ0n) is 15.1. The van der Waals surface area contributed by atoms with Crippen LogP contribution >= 0.6 is 0 Å². The van der Waals surface area contributed by atoms with E-state index in [1.165, 1.54) is 0 Å². The first-order chi connectivity index (χ1) is 11.1. The van der Waals surface area contributed by atoms with Crippen molar-refractivity contribution in [2.45, 2.75) is 66.0 Å². The highest BCUT2D eigenvalue weighted by atomic mass is 16.6. The summed E-state index contributed by atoms with van der Waals surface area (Å²) < 4.78 is 10.9. The maximum absolute atomic E-state index is 12.8. The number of fused-ring (bicyclic) bond motifs is 2. The Hall–Kier alpha value is -1.85. The SMILES string of the molecule is CC(C)Cc1cc(CNC(=O)[C@@]23CC[C@@](C)(C(=O)O2)C3(C)C)on1. The second kappa shape index (κ2) is 5.33. The average molecular weight is 334 g/mol. The minimum Gasteiger partial charge on any atom is -0.448 e. The first-order valence-corrected chi connectivity index (χ1v) is 8.58. The van der Waals surface area contributed by atoms with Crippen LogP contribution in [0.1, 0.15) is 58.9 Å². The zero-order valence-corrected chi connectivity index (χ0v) is 15.1. The minimum absolute atomic E-state index is 0.246. The van der Waals surface area contributed by atoms with Crippen LogP contribution in [-0.2, 0) is 27.3 Å². The van der Waals surface area contributed by atoms with E-state index in [0.717, 1.165) is 12.1 Å². The molecule has 132 valence electrons. The van der Waals surface area contributed by atoms with Crippen LogP contribution in [0.5, 0.6) is 0 Å². The third kappa shape index (κ3) is 2.19. The molecule has 1 saturated carbocycles. The van der Waals surface area contributed by atoms with Gasteiger partial charge in [-0.3, -0.25) is 9.59 Å². The van der Waals surface area contributed by atoms with Gasteiger partial charge in [0.2, 0.25) is 0 Å². The quantitative estimate of drug-likeness (QED) is 0.837. The van der Waals surface area contributed by atoms with Gasteiger partial charge < -0.3 is 14.6 Å². The van der Waals surface area contributed by atoms with Gasteiger partial charge in [-0.15, -0.1) is 0 Å². The lowest BCUT2D eigenvalue weighted by Gasteiger charge is -2.35. The highest BCUT2D eigenvalue weighted by Gasteiger charge is 2.75. The molecule has 1 aliphatic heterocycles. The topological polar surface area (TPSA) is 81.4 Å². The van der Waals surface area contributed by atoms with Crippen LogP contribution in [0.15, 0.2) is 10.6 Å². The van der Waals surface area contributed by atoms with E-state index in [1.807, 2.05) is 26.8 Å². The highest BCUT2D eigenvalue weighted by Crippen LogP contribution is 2.65. The van der Waals surface area contributed by atoms with E-state index < -0.39 is 16.4 Å². The van der Waals surface area contributed by atoms with Crippen LogP contribution in [0, 0.1) is 16.7 Å². The summed E-state index contributed by atoms with van der Waals surface area (Å²) in [5.41, 5.74) is -1.33. The van der Waals surface area contributed by atoms with E-state index >= 15 is 0 Å². The van der Waals surface area contributed by atoms with Gasteiger partial charge >= 0.3 is 5.97 Å². The number of nitrogens with zero attached hydrogens (tertiary/aromatic N) is 1. The normalized spacial score (nSPS) is 30.7. The molecule has 2 atom stereocenters. The predicted molar refractivity (Wildman–Crippen MR) is 86.8 cm³/mol. The van der Waals surface area contributed by atoms with Crippen molar-refractivity contribution < 1.29 is 18.8 Å². The third-order valence-corrected chi connectivity index (χ3v) is 6.10. The predicted octanol–water partition coefficient (Wildman–Crippen LogP) is 2.61. The molecule has 1 N–H and O–H groups in total. The van der Waals surface area contributed by atoms with Gasteiger partial charge in [0.05, 0.1) is 17.7 Å². The van der Waals surface area contributed by atoms with Gasteiger partial charge in [0.1, 0.15) is 0 Å². The molecule has 6 nitrogen and oxygen atoms in total. The van der Waals surface area contributed by atoms with Gasteiger partial charge in [-0.2, -0.15) is 0 Å². The number of hydrogen-bond acceptors (Lipinski definition) is 5. The number of carbonyl (C=O) groups excluding carboxylic acids is 2. The Labute approximate surface area is 142 Å². The fourth-order valence-electron chi connectivity index (χ4n) is 4.01. The summed E-state index contributed by atoms with van der Waals surface area (Å²) in [4.78, 5) is 25.1. The Morgan fingerprint density at radius 1 is 1.33 bits per heavy atom. The molecule has 1 aromatic rings. The van der Waals surface area contributed by atoms with Crippen LogP contribution in [-0.4, -0.2) is 22.6 Å². The highest BCUT2D eigenvalue weighted by molar-refractivity contribution is 5.96. The van der Waals surface area contributed by atoms with Gasteiger partial charge in [0.25, 0.3) is 5.91 Å². The molecule has 1 saturated heterocycles. The summed E-state index contributed by atoms with van der Waals surface area (Å²) in [7, 11) is 0. The van der Waals surface area contributed by atoms with E-state index in [0.29, 0.717) is 24.5 Å². The monoisotopic (exact) mass is 334 g/mol. The Bertz CT molecular complexity index is 678. The summed E-state index contributed by atoms with van der Waals surface area (Å²) >= 11 is 0. The van der Waals surface area contributed by atoms with Crippen LogP contribution < -0.4 is 5.32 Å². The van der Waals surface area contributed by atoms with Crippen molar-refractivity contribution in [2.75, 3.05) is 0 Å². The lowest BCUT2D eigenvalue weighted by atomic mass is 9.66. The molecule has 2 heterocycles. The molecule has 1 amide bonds. The van der Waals surface area contributed by atoms with Gasteiger partial charge in [-0.05, 0) is 32.1 Å². The number of rotatable bonds is 5. The number of hydrogen-bond donors (Lipinski definition) is 1. The Morgan fingerprint density at radius 3 is 2.58 bits per heavy atom. The molecule has 0 spiro atoms. The molecule has 0 unspecified atom stereocenters. The van der Waals surface area contributed by atoms with Gasteiger partial charge in [0.15, 0.2) is 11.4 Å². The number of ether oxygens (including phenoxy) is 1. The fraction of sp³-hybridized carbons (Fsp3) is 0.722. The Balaban J connectivity index is 1.70. The van der Waals surface area contributed by atoms with E-state index in [2.05, 4.69) is 24.3 Å². The molecule has 2 bridgehead atoms. The largest absolute Gasteiger partial charge is 0.448 e. The molecule has 3 rings (SSSR count). The molecule has 6 heteroatoms. The summed E-state index contributed by atoms with van der Waals surface area (Å²) in [6, 6.07) is 1.86. The molecule has 2 fully saturated rings. The summed E-state index contributed by atoms with van der Waals surface area (Å²) in [5.74, 6) is 0.584. The summed E-state index contributed by atoms with van der Waals surface area (Å²) in [5, 5.41) is 6.89. The van der Waals surface area contributed by atoms with Gasteiger partial charge in [-0.25, -0.2) is 0 Å². The molecule has 1 aromatic heterocycles. The van der Waals surface area contributed by atoms with Crippen molar-refractivity contribution in [2.24, 2.45) is 16.7 Å². The van der Waals surface area contributed by atoms with Gasteiger partial charge in [0, 0.05) is 11.5 Å². The lowest BCUT2D eigenvalue weighted by molar-refractivity contribution is -0.168. The Morgan fingerprint density at radius 2 is 2.04 bits per heavy atom. The van der Waals surface area contributed by atoms with Crippen molar-refractivity contribution in [3.05, 3.63) is 17.5 Å². The minimum atomic E-state index is -1.08. The molecular formula is C18H26N2O4. The molecular weight excluding hydrogens is 308 g/mol. The first-order valence-electron chi connectivity index (χ1n) is 8.58. The van der Waals surface area contributed by atoms with Crippen LogP contribution in [0.3, 0.4) is 0 Å². The maximum atomic E-state index is 12.8. The molecule has 0 radical (unpaired) electrons. The summed E-state index contributed by atoms with van der Waals surface area (Å²) in [6.07, 6.45) is 2.07. The fourth-order valence-corrected chi connectivity index (χ4v) is 4.01. The van der Waals surface area contributed by atoms with Crippen molar-refractivity contribution in [1.82, 2.24) is 10.5 Å². The van der Waals surface area contributed by atoms with E-state index in [1.54, 1.807) is 0 Å². The van der Waals surface area contributed by atoms with Crippen LogP contribution in [0.4, 0.5) is 0 Å². The number of aromatic nitrogens is 1. The standard InChI is InChI=1S/C18H26N2O4/c1-11(2)8-12-9-13(24-20-12)10-19-14(21)18-7-6-17(5,15(22)23-18)16(18,3)4/h9,11H,6-8,10H2,1-5H3,(H,19,21)/t17-,18+/m0/s1. The number of esters is 1. The second-order valence-electron chi connectivity index (χ2n) is 8.24. The third-order valence-electron chi connectivity index (χ3n) is 6.10. The Kier molecular flexibility index (Phi) is 3.77. The second-order valence-corrected chi connectivity index (χ2v) is 8.24. The summed E-state index contributed by atoms with van der Waals surface area (Å²) in [6.45, 7) is 10.3. The van der Waals surface area contributed by atoms with E-state index in [9.17, 15) is 9.59 Å². The van der Waals surface area contributed by atoms with Crippen molar-refractivity contribution in [1.29, 1.82) is 0 Å². The number of amides is 1. The molecule has 0 aromatic carbocycles. The zero-order chi connectivity index (χ0) is 17.8.